The number of aromatic nitrogens is 4. The van der Waals surface area contributed by atoms with Crippen LogP contribution in [0.1, 0.15) is 0 Å². The van der Waals surface area contributed by atoms with E-state index in [0.717, 1.165) is 0 Å². The molecule has 0 saturated heterocycles. The minimum absolute atomic E-state index is 0.0869. The Morgan fingerprint density at radius 1 is 1.31 bits per heavy atom. The maximum atomic E-state index is 11.9. The van der Waals surface area contributed by atoms with E-state index in [0.29, 0.717) is 22.2 Å². The molecule has 2 N–H and O–H groups in total. The highest BCUT2D eigenvalue weighted by molar-refractivity contribution is 5.92. The van der Waals surface area contributed by atoms with Crippen LogP contribution < -0.4 is 20.5 Å². The van der Waals surface area contributed by atoms with Gasteiger partial charge in [0.05, 0.1) is 31.6 Å². The van der Waals surface area contributed by atoms with Gasteiger partial charge in [-0.05, 0) is 12.1 Å². The Balaban J connectivity index is 2.19. The summed E-state index contributed by atoms with van der Waals surface area (Å²) in [6.07, 6.45) is 0.214. The molecular weight excluding hydrogens is 349 g/mol. The molecule has 0 atom stereocenters. The normalized spacial score (nSPS) is 10.6. The van der Waals surface area contributed by atoms with E-state index in [9.17, 15) is 14.1 Å². The van der Waals surface area contributed by atoms with E-state index in [1.807, 2.05) is 0 Å². The van der Waals surface area contributed by atoms with Gasteiger partial charge in [-0.15, -0.1) is 0 Å². The van der Waals surface area contributed by atoms with Gasteiger partial charge in [0.25, 0.3) is 0 Å². The summed E-state index contributed by atoms with van der Waals surface area (Å²) in [6, 6.07) is 3.29. The Labute approximate surface area is 145 Å². The van der Waals surface area contributed by atoms with Gasteiger partial charge in [0.1, 0.15) is 11.4 Å². The van der Waals surface area contributed by atoms with Crippen molar-refractivity contribution in [2.45, 2.75) is 0 Å². The second-order valence-corrected chi connectivity index (χ2v) is 5.17. The minimum Gasteiger partial charge on any atom is -0.482 e. The molecule has 0 radical (unpaired) electrons. The number of hydrogen-bond acceptors (Lipinski definition) is 7. The van der Waals surface area contributed by atoms with Gasteiger partial charge < -0.3 is 14.0 Å². The van der Waals surface area contributed by atoms with Gasteiger partial charge in [0.15, 0.2) is 0 Å². The topological polar surface area (TPSA) is 120 Å². The van der Waals surface area contributed by atoms with Crippen molar-refractivity contribution < 1.29 is 23.7 Å². The third-order valence-electron chi connectivity index (χ3n) is 3.75. The van der Waals surface area contributed by atoms with Crippen LogP contribution in [0.5, 0.6) is 11.8 Å². The number of anilines is 1. The van der Waals surface area contributed by atoms with Crippen LogP contribution in [-0.2, 0) is 12.0 Å². The highest BCUT2D eigenvalue weighted by Gasteiger charge is 2.20. The number of nitrogens with zero attached hydrogens (tertiary/aromatic N) is 3. The van der Waals surface area contributed by atoms with Crippen LogP contribution in [0.4, 0.5) is 15.1 Å². The Hall–Kier alpha value is -3.63. The summed E-state index contributed by atoms with van der Waals surface area (Å²) in [4.78, 5) is 36.0. The Morgan fingerprint density at radius 2 is 2.08 bits per heavy atom. The zero-order valence-electron chi connectivity index (χ0n) is 14.0. The van der Waals surface area contributed by atoms with Crippen molar-refractivity contribution in [3.8, 4) is 23.0 Å². The Bertz CT molecular complexity index is 1020. The molecule has 0 fully saturated rings. The zero-order valence-corrected chi connectivity index (χ0v) is 14.0. The first-order chi connectivity index (χ1) is 12.5. The number of H-pyrrole nitrogens is 1. The van der Waals surface area contributed by atoms with E-state index < -0.39 is 11.8 Å². The number of amides is 1. The standard InChI is InChI=1S/C15H14FN5O5/c1-21-8(11-12(24-2)19-14(22)20-13(11)25-3)4-7-5-10(17-6-9(7)21)18-15(23)26-16/h4-6H,1-3H3,(H,17,18,23)(H,19,20,22). The molecule has 0 spiro atoms. The van der Waals surface area contributed by atoms with Crippen molar-refractivity contribution in [2.24, 2.45) is 7.05 Å². The van der Waals surface area contributed by atoms with Crippen LogP contribution in [0.3, 0.4) is 0 Å². The van der Waals surface area contributed by atoms with Gasteiger partial charge >= 0.3 is 11.8 Å². The highest BCUT2D eigenvalue weighted by atomic mass is 19.3. The van der Waals surface area contributed by atoms with Gasteiger partial charge in [-0.3, -0.25) is 10.3 Å². The van der Waals surface area contributed by atoms with Crippen molar-refractivity contribution in [3.05, 3.63) is 28.8 Å². The zero-order chi connectivity index (χ0) is 18.8. The van der Waals surface area contributed by atoms with Crippen LogP contribution >= 0.6 is 0 Å². The number of halogens is 1. The first-order valence-electron chi connectivity index (χ1n) is 7.26. The monoisotopic (exact) mass is 363 g/mol. The third-order valence-corrected chi connectivity index (χ3v) is 3.75. The molecule has 0 aliphatic heterocycles. The molecule has 11 heteroatoms. The van der Waals surface area contributed by atoms with Gasteiger partial charge in [-0.25, -0.2) is 19.5 Å². The molecular formula is C15H14FN5O5. The summed E-state index contributed by atoms with van der Waals surface area (Å²) in [7, 11) is 4.56. The average Bonchev–Trinajstić information content (AvgIpc) is 2.96. The lowest BCUT2D eigenvalue weighted by atomic mass is 10.2. The maximum absolute atomic E-state index is 11.9. The number of methoxy groups -OCH3 is 2. The lowest BCUT2D eigenvalue weighted by Gasteiger charge is -2.12. The van der Waals surface area contributed by atoms with Crippen LogP contribution in [0.25, 0.3) is 22.2 Å². The van der Waals surface area contributed by atoms with Gasteiger partial charge in [-0.2, -0.15) is 4.98 Å². The molecule has 0 aromatic carbocycles. The number of fused-ring (bicyclic) bond motifs is 1. The van der Waals surface area contributed by atoms with Gasteiger partial charge in [-0.1, -0.05) is 0 Å². The third kappa shape index (κ3) is 2.90. The quantitative estimate of drug-likeness (QED) is 0.725. The van der Waals surface area contributed by atoms with E-state index in [1.165, 1.54) is 26.5 Å². The van der Waals surface area contributed by atoms with Gasteiger partial charge in [0.2, 0.25) is 11.8 Å². The summed E-state index contributed by atoms with van der Waals surface area (Å²) in [5.74, 6) is 0.375. The summed E-state index contributed by atoms with van der Waals surface area (Å²) in [5.41, 5.74) is 1.14. The average molecular weight is 363 g/mol. The van der Waals surface area contributed by atoms with E-state index in [2.05, 4.69) is 25.2 Å². The molecule has 136 valence electrons. The number of aryl methyl sites for hydroxylation is 1. The van der Waals surface area contributed by atoms with Crippen LogP contribution in [0.15, 0.2) is 23.1 Å². The molecule has 3 aromatic rings. The molecule has 0 aliphatic rings. The molecule has 3 aromatic heterocycles. The number of carbonyl (C=O) groups excluding carboxylic acids is 1. The van der Waals surface area contributed by atoms with E-state index in [1.54, 1.807) is 17.7 Å². The molecule has 10 nitrogen and oxygen atoms in total. The number of aromatic amines is 1. The van der Waals surface area contributed by atoms with Crippen molar-refractivity contribution in [1.29, 1.82) is 0 Å². The summed E-state index contributed by atoms with van der Waals surface area (Å²) < 4.78 is 24.1. The fourth-order valence-electron chi connectivity index (χ4n) is 2.63. The number of nitrogens with one attached hydrogen (secondary N) is 2. The largest absolute Gasteiger partial charge is 0.482 e. The van der Waals surface area contributed by atoms with Crippen molar-refractivity contribution in [1.82, 2.24) is 19.5 Å². The van der Waals surface area contributed by atoms with Crippen LogP contribution in [-0.4, -0.2) is 39.8 Å². The maximum Gasteiger partial charge on any atom is 0.450 e. The lowest BCUT2D eigenvalue weighted by Crippen LogP contribution is -2.14. The fourth-order valence-corrected chi connectivity index (χ4v) is 2.63. The second kappa shape index (κ2) is 6.70. The summed E-state index contributed by atoms with van der Waals surface area (Å²) in [6.45, 7) is 0. The number of ether oxygens (including phenoxy) is 2. The molecule has 0 saturated carbocycles. The molecule has 0 unspecified atom stereocenters. The van der Waals surface area contributed by atoms with Crippen LogP contribution in [0.2, 0.25) is 0 Å². The van der Waals surface area contributed by atoms with E-state index in [4.69, 9.17) is 9.47 Å². The molecule has 3 heterocycles. The lowest BCUT2D eigenvalue weighted by molar-refractivity contribution is -0.0544. The van der Waals surface area contributed by atoms with Crippen molar-refractivity contribution >= 4 is 22.8 Å². The molecule has 26 heavy (non-hydrogen) atoms. The SMILES string of the molecule is COc1nc(=O)[nH]c(OC)c1-c1cc2cc(NC(=O)OF)ncc2n1C. The predicted molar refractivity (Wildman–Crippen MR) is 88.9 cm³/mol. The molecule has 3 rings (SSSR count). The van der Waals surface area contributed by atoms with Gasteiger partial charge in [0, 0.05) is 17.0 Å². The summed E-state index contributed by atoms with van der Waals surface area (Å²) in [5, 5.41) is 2.82. The molecule has 1 amide bonds. The number of rotatable bonds is 4. The number of pyridine rings is 1. The Morgan fingerprint density at radius 3 is 2.73 bits per heavy atom. The highest BCUT2D eigenvalue weighted by Crippen LogP contribution is 2.37. The number of carbonyl (C=O) groups is 1. The second-order valence-electron chi connectivity index (χ2n) is 5.17. The van der Waals surface area contributed by atoms with Crippen molar-refractivity contribution in [2.75, 3.05) is 19.5 Å². The Kier molecular flexibility index (Phi) is 4.43. The smallest absolute Gasteiger partial charge is 0.450 e. The predicted octanol–water partition coefficient (Wildman–Crippen LogP) is 1.77. The first-order valence-corrected chi connectivity index (χ1v) is 7.26. The van der Waals surface area contributed by atoms with Crippen molar-refractivity contribution in [3.63, 3.8) is 0 Å². The van der Waals surface area contributed by atoms with E-state index in [-0.39, 0.29) is 17.6 Å². The fraction of sp³-hybridized carbons (Fsp3) is 0.200. The molecule has 0 aliphatic carbocycles. The molecule has 0 bridgehead atoms. The van der Waals surface area contributed by atoms with E-state index >= 15 is 0 Å². The first kappa shape index (κ1) is 17.2. The number of hydrogen-bond donors (Lipinski definition) is 2. The summed E-state index contributed by atoms with van der Waals surface area (Å²) >= 11 is 0. The van der Waals surface area contributed by atoms with Crippen LogP contribution in [0, 0.1) is 0 Å². The minimum atomic E-state index is -1.28.